The van der Waals surface area contributed by atoms with Gasteiger partial charge in [0.15, 0.2) is 0 Å². The van der Waals surface area contributed by atoms with E-state index in [0.29, 0.717) is 11.3 Å². The highest BCUT2D eigenvalue weighted by Crippen LogP contribution is 2.13. The Kier molecular flexibility index (Phi) is 2.57. The summed E-state index contributed by atoms with van der Waals surface area (Å²) in [6, 6.07) is 5.11. The van der Waals surface area contributed by atoms with E-state index in [9.17, 15) is 4.79 Å². The maximum atomic E-state index is 11.2. The number of carbonyl (C=O) groups is 1. The van der Waals surface area contributed by atoms with Crippen molar-refractivity contribution in [2.75, 3.05) is 5.73 Å². The quantitative estimate of drug-likeness (QED) is 0.240. The summed E-state index contributed by atoms with van der Waals surface area (Å²) in [5, 5.41) is 0. The average Bonchev–Trinajstić information content (AvgIpc) is 2.09. The molecule has 0 unspecified atom stereocenters. The van der Waals surface area contributed by atoms with E-state index in [1.54, 1.807) is 12.1 Å². The first-order chi connectivity index (χ1) is 6.15. The van der Waals surface area contributed by atoms with Gasteiger partial charge in [-0.25, -0.2) is 0 Å². The van der Waals surface area contributed by atoms with Crippen LogP contribution >= 0.6 is 0 Å². The van der Waals surface area contributed by atoms with E-state index in [-0.39, 0.29) is 0 Å². The van der Waals surface area contributed by atoms with Crippen molar-refractivity contribution in [1.29, 1.82) is 0 Å². The molecule has 0 radical (unpaired) electrons. The number of carbonyl (C=O) groups excluding carboxylic acids is 1. The van der Waals surface area contributed by atoms with Crippen molar-refractivity contribution >= 4 is 17.7 Å². The molecule has 0 saturated carbocycles. The van der Waals surface area contributed by atoms with Crippen molar-refractivity contribution in [3.05, 3.63) is 34.9 Å². The Balaban J connectivity index is 3.20. The van der Waals surface area contributed by atoms with Crippen molar-refractivity contribution in [3.63, 3.8) is 0 Å². The molecule has 1 aromatic carbocycles. The van der Waals surface area contributed by atoms with Gasteiger partial charge in [-0.2, -0.15) is 4.79 Å². The average molecular weight is 175 g/mol. The minimum atomic E-state index is -0.399. The number of ketones is 1. The second-order valence-corrected chi connectivity index (χ2v) is 2.70. The Labute approximate surface area is 75.6 Å². The molecule has 0 fully saturated rings. The van der Waals surface area contributed by atoms with Gasteiger partial charge in [0.05, 0.1) is 5.56 Å². The number of hydrogen-bond donors (Lipinski definition) is 1. The summed E-state index contributed by atoms with van der Waals surface area (Å²) in [5.74, 6) is -0.399. The molecule has 2 N–H and O–H groups in total. The molecular formula is C9H9N3O. The van der Waals surface area contributed by atoms with E-state index in [0.717, 1.165) is 11.8 Å². The minimum Gasteiger partial charge on any atom is -0.398 e. The standard InChI is InChI=1S/C9H9N3O/c1-6-2-3-8(10)7(4-6)9(13)5-12-11/h2-5H,10H2,1H3. The Morgan fingerprint density at radius 3 is 2.92 bits per heavy atom. The Morgan fingerprint density at radius 2 is 2.31 bits per heavy atom. The van der Waals surface area contributed by atoms with Gasteiger partial charge in [-0.1, -0.05) is 11.6 Å². The highest BCUT2D eigenvalue weighted by molar-refractivity contribution is 6.34. The normalized spacial score (nSPS) is 9.00. The molecule has 66 valence electrons. The number of hydrogen-bond acceptors (Lipinski definition) is 2. The van der Waals surface area contributed by atoms with E-state index in [1.165, 1.54) is 0 Å². The number of nitrogens with two attached hydrogens (primary N) is 1. The molecule has 0 atom stereocenters. The second-order valence-electron chi connectivity index (χ2n) is 2.70. The van der Waals surface area contributed by atoms with Crippen molar-refractivity contribution in [2.45, 2.75) is 6.92 Å². The van der Waals surface area contributed by atoms with Crippen LogP contribution in [0.5, 0.6) is 0 Å². The fourth-order valence-corrected chi connectivity index (χ4v) is 1.01. The van der Waals surface area contributed by atoms with Crippen LogP contribution in [-0.4, -0.2) is 16.8 Å². The Bertz CT molecular complexity index is 392. The SMILES string of the molecule is Cc1ccc(N)c(C(=O)C=[N+]=[N-])c1. The molecular weight excluding hydrogens is 166 g/mol. The molecule has 4 heteroatoms. The van der Waals surface area contributed by atoms with Gasteiger partial charge in [-0.3, -0.25) is 4.79 Å². The monoisotopic (exact) mass is 175 g/mol. The fourth-order valence-electron chi connectivity index (χ4n) is 1.01. The molecule has 0 saturated heterocycles. The third kappa shape index (κ3) is 2.01. The van der Waals surface area contributed by atoms with E-state index in [1.807, 2.05) is 13.0 Å². The van der Waals surface area contributed by atoms with Crippen LogP contribution in [0.3, 0.4) is 0 Å². The Morgan fingerprint density at radius 1 is 1.62 bits per heavy atom. The topological polar surface area (TPSA) is 79.5 Å². The zero-order valence-corrected chi connectivity index (χ0v) is 7.19. The van der Waals surface area contributed by atoms with Gasteiger partial charge in [0.25, 0.3) is 5.78 Å². The highest BCUT2D eigenvalue weighted by atomic mass is 16.1. The third-order valence-electron chi connectivity index (χ3n) is 1.65. The third-order valence-corrected chi connectivity index (χ3v) is 1.65. The van der Waals surface area contributed by atoms with Crippen LogP contribution < -0.4 is 5.73 Å². The number of nitrogens with zero attached hydrogens (tertiary/aromatic N) is 2. The summed E-state index contributed by atoms with van der Waals surface area (Å²) in [7, 11) is 0. The van der Waals surface area contributed by atoms with Crippen LogP contribution in [0.1, 0.15) is 15.9 Å². The van der Waals surface area contributed by atoms with Crippen molar-refractivity contribution in [1.82, 2.24) is 0 Å². The van der Waals surface area contributed by atoms with Crippen LogP contribution in [0.4, 0.5) is 5.69 Å². The van der Waals surface area contributed by atoms with Gasteiger partial charge in [0.1, 0.15) is 0 Å². The summed E-state index contributed by atoms with van der Waals surface area (Å²) in [4.78, 5) is 13.9. The smallest absolute Gasteiger partial charge is 0.328 e. The first kappa shape index (κ1) is 9.16. The lowest BCUT2D eigenvalue weighted by molar-refractivity contribution is 0.00235. The molecule has 0 amide bonds. The molecule has 13 heavy (non-hydrogen) atoms. The van der Waals surface area contributed by atoms with Gasteiger partial charge >= 0.3 is 6.21 Å². The number of Topliss-reactive ketones (excluding diaryl/α,β-unsaturated/α-hetero) is 1. The molecule has 0 spiro atoms. The van der Waals surface area contributed by atoms with Gasteiger partial charge < -0.3 is 11.3 Å². The van der Waals surface area contributed by atoms with E-state index in [2.05, 4.69) is 4.79 Å². The van der Waals surface area contributed by atoms with Gasteiger partial charge in [0.2, 0.25) is 0 Å². The van der Waals surface area contributed by atoms with Crippen LogP contribution in [0.25, 0.3) is 5.53 Å². The lowest BCUT2D eigenvalue weighted by atomic mass is 10.1. The van der Waals surface area contributed by atoms with Crippen molar-refractivity contribution in [3.8, 4) is 0 Å². The predicted octanol–water partition coefficient (Wildman–Crippen LogP) is 1.06. The number of aryl methyl sites for hydroxylation is 1. The molecule has 0 aliphatic rings. The first-order valence-electron chi connectivity index (χ1n) is 3.73. The van der Waals surface area contributed by atoms with E-state index < -0.39 is 5.78 Å². The van der Waals surface area contributed by atoms with Crippen molar-refractivity contribution in [2.24, 2.45) is 0 Å². The summed E-state index contributed by atoms with van der Waals surface area (Å²) in [6.45, 7) is 1.85. The van der Waals surface area contributed by atoms with Gasteiger partial charge in [-0.15, -0.1) is 0 Å². The molecule has 1 aromatic rings. The summed E-state index contributed by atoms with van der Waals surface area (Å²) < 4.78 is 0. The predicted molar refractivity (Wildman–Crippen MR) is 49.6 cm³/mol. The maximum Gasteiger partial charge on any atom is 0.328 e. The molecule has 0 aliphatic carbocycles. The van der Waals surface area contributed by atoms with Crippen LogP contribution in [0.15, 0.2) is 18.2 Å². The largest absolute Gasteiger partial charge is 0.398 e. The highest BCUT2D eigenvalue weighted by Gasteiger charge is 2.10. The molecule has 1 rings (SSSR count). The van der Waals surface area contributed by atoms with Crippen LogP contribution in [0, 0.1) is 6.92 Å². The summed E-state index contributed by atoms with van der Waals surface area (Å²) in [6.07, 6.45) is 0.825. The van der Waals surface area contributed by atoms with E-state index in [4.69, 9.17) is 11.3 Å². The molecule has 0 bridgehead atoms. The zero-order chi connectivity index (χ0) is 9.84. The lowest BCUT2D eigenvalue weighted by Gasteiger charge is -2.00. The number of nitrogen functional groups attached to an aromatic ring is 1. The number of rotatable bonds is 2. The zero-order valence-electron chi connectivity index (χ0n) is 7.19. The lowest BCUT2D eigenvalue weighted by Crippen LogP contribution is -2.05. The number of anilines is 1. The molecule has 4 nitrogen and oxygen atoms in total. The number of benzene rings is 1. The summed E-state index contributed by atoms with van der Waals surface area (Å²) in [5.41, 5.74) is 15.4. The van der Waals surface area contributed by atoms with Crippen LogP contribution in [0.2, 0.25) is 0 Å². The fraction of sp³-hybridized carbons (Fsp3) is 0.111. The maximum absolute atomic E-state index is 11.2. The minimum absolute atomic E-state index is 0.359. The van der Waals surface area contributed by atoms with Gasteiger partial charge in [-0.05, 0) is 19.1 Å². The van der Waals surface area contributed by atoms with Crippen molar-refractivity contribution < 1.29 is 9.58 Å². The van der Waals surface area contributed by atoms with Crippen LogP contribution in [-0.2, 0) is 0 Å². The van der Waals surface area contributed by atoms with Gasteiger partial charge in [0, 0.05) is 5.69 Å². The first-order valence-corrected chi connectivity index (χ1v) is 3.73. The molecule has 0 aromatic heterocycles. The Hall–Kier alpha value is -1.93. The molecule has 0 aliphatic heterocycles. The molecule has 0 heterocycles. The van der Waals surface area contributed by atoms with E-state index >= 15 is 0 Å². The second kappa shape index (κ2) is 3.65. The summed E-state index contributed by atoms with van der Waals surface area (Å²) >= 11 is 0.